The first-order chi connectivity index (χ1) is 6.94. The SMILES string of the molecule is CC(C)(C)NC(CN)c1ccccc1O. The number of aromatic hydroxyl groups is 1. The summed E-state index contributed by atoms with van der Waals surface area (Å²) in [5.41, 5.74) is 6.54. The van der Waals surface area contributed by atoms with Gasteiger partial charge in [-0.1, -0.05) is 18.2 Å². The van der Waals surface area contributed by atoms with Crippen molar-refractivity contribution in [2.75, 3.05) is 6.54 Å². The molecule has 0 aliphatic carbocycles. The van der Waals surface area contributed by atoms with Crippen molar-refractivity contribution in [2.24, 2.45) is 5.73 Å². The Kier molecular flexibility index (Phi) is 3.72. The van der Waals surface area contributed by atoms with Gasteiger partial charge in [0.15, 0.2) is 0 Å². The molecule has 0 saturated carbocycles. The Morgan fingerprint density at radius 3 is 2.40 bits per heavy atom. The molecule has 0 saturated heterocycles. The molecule has 3 heteroatoms. The van der Waals surface area contributed by atoms with Crippen molar-refractivity contribution in [3.63, 3.8) is 0 Å². The molecule has 1 unspecified atom stereocenters. The molecule has 1 aromatic carbocycles. The average Bonchev–Trinajstić information content (AvgIpc) is 2.14. The molecule has 84 valence electrons. The van der Waals surface area contributed by atoms with Gasteiger partial charge in [-0.3, -0.25) is 0 Å². The van der Waals surface area contributed by atoms with Crippen LogP contribution in [0.5, 0.6) is 5.75 Å². The second-order valence-corrected chi connectivity index (χ2v) is 4.74. The highest BCUT2D eigenvalue weighted by Crippen LogP contribution is 2.24. The van der Waals surface area contributed by atoms with E-state index < -0.39 is 0 Å². The molecule has 0 amide bonds. The Bertz CT molecular complexity index is 318. The van der Waals surface area contributed by atoms with E-state index in [1.807, 2.05) is 18.2 Å². The van der Waals surface area contributed by atoms with Crippen LogP contribution in [0.3, 0.4) is 0 Å². The fraction of sp³-hybridized carbons (Fsp3) is 0.500. The summed E-state index contributed by atoms with van der Waals surface area (Å²) in [5.74, 6) is 0.296. The summed E-state index contributed by atoms with van der Waals surface area (Å²) in [5, 5.41) is 13.1. The van der Waals surface area contributed by atoms with Crippen LogP contribution in [0.15, 0.2) is 24.3 Å². The highest BCUT2D eigenvalue weighted by molar-refractivity contribution is 5.34. The van der Waals surface area contributed by atoms with Gasteiger partial charge in [-0.15, -0.1) is 0 Å². The van der Waals surface area contributed by atoms with Gasteiger partial charge in [0.2, 0.25) is 0 Å². The quantitative estimate of drug-likeness (QED) is 0.709. The summed E-state index contributed by atoms with van der Waals surface area (Å²) < 4.78 is 0. The van der Waals surface area contributed by atoms with E-state index in [2.05, 4.69) is 26.1 Å². The van der Waals surface area contributed by atoms with Gasteiger partial charge in [-0.2, -0.15) is 0 Å². The topological polar surface area (TPSA) is 58.3 Å². The zero-order chi connectivity index (χ0) is 11.5. The van der Waals surface area contributed by atoms with Gasteiger partial charge >= 0.3 is 0 Å². The monoisotopic (exact) mass is 208 g/mol. The Morgan fingerprint density at radius 1 is 1.33 bits per heavy atom. The first kappa shape index (κ1) is 12.0. The van der Waals surface area contributed by atoms with Crippen LogP contribution in [-0.2, 0) is 0 Å². The zero-order valence-electron chi connectivity index (χ0n) is 9.62. The van der Waals surface area contributed by atoms with Crippen LogP contribution in [0.1, 0.15) is 32.4 Å². The molecule has 0 heterocycles. The molecule has 1 aromatic rings. The number of phenols is 1. The molecule has 0 bridgehead atoms. The van der Waals surface area contributed by atoms with E-state index in [1.165, 1.54) is 0 Å². The number of nitrogens with two attached hydrogens (primary N) is 1. The zero-order valence-corrected chi connectivity index (χ0v) is 9.62. The van der Waals surface area contributed by atoms with Gasteiger partial charge in [0.25, 0.3) is 0 Å². The third kappa shape index (κ3) is 3.53. The van der Waals surface area contributed by atoms with Crippen molar-refractivity contribution in [2.45, 2.75) is 32.4 Å². The molecular weight excluding hydrogens is 188 g/mol. The lowest BCUT2D eigenvalue weighted by molar-refractivity contribution is 0.357. The Hall–Kier alpha value is -1.06. The smallest absolute Gasteiger partial charge is 0.120 e. The lowest BCUT2D eigenvalue weighted by Crippen LogP contribution is -2.41. The van der Waals surface area contributed by atoms with Gasteiger partial charge in [0, 0.05) is 23.7 Å². The largest absolute Gasteiger partial charge is 0.508 e. The molecule has 4 N–H and O–H groups in total. The maximum Gasteiger partial charge on any atom is 0.120 e. The standard InChI is InChI=1S/C12H20N2O/c1-12(2,3)14-10(8-13)9-6-4-5-7-11(9)15/h4-7,10,14-15H,8,13H2,1-3H3. The van der Waals surface area contributed by atoms with Gasteiger partial charge < -0.3 is 16.2 Å². The molecule has 15 heavy (non-hydrogen) atoms. The number of hydrogen-bond donors (Lipinski definition) is 3. The molecule has 0 fully saturated rings. The summed E-state index contributed by atoms with van der Waals surface area (Å²) in [7, 11) is 0. The predicted octanol–water partition coefficient (Wildman–Crippen LogP) is 1.78. The van der Waals surface area contributed by atoms with Gasteiger partial charge in [0.1, 0.15) is 5.75 Å². The van der Waals surface area contributed by atoms with Crippen molar-refractivity contribution in [3.05, 3.63) is 29.8 Å². The molecule has 0 radical (unpaired) electrons. The number of hydrogen-bond acceptors (Lipinski definition) is 3. The van der Waals surface area contributed by atoms with Gasteiger partial charge in [0.05, 0.1) is 0 Å². The maximum atomic E-state index is 9.71. The van der Waals surface area contributed by atoms with Crippen molar-refractivity contribution >= 4 is 0 Å². The number of rotatable bonds is 3. The van der Waals surface area contributed by atoms with Crippen molar-refractivity contribution in [3.8, 4) is 5.75 Å². The van der Waals surface area contributed by atoms with Crippen LogP contribution in [-0.4, -0.2) is 17.2 Å². The van der Waals surface area contributed by atoms with E-state index in [4.69, 9.17) is 5.73 Å². The number of benzene rings is 1. The Balaban J connectivity index is 2.88. The fourth-order valence-corrected chi connectivity index (χ4v) is 1.57. The minimum absolute atomic E-state index is 0.00815. The third-order valence-corrected chi connectivity index (χ3v) is 2.16. The lowest BCUT2D eigenvalue weighted by Gasteiger charge is -2.28. The Morgan fingerprint density at radius 2 is 1.93 bits per heavy atom. The summed E-state index contributed by atoms with van der Waals surface area (Å²) in [6.45, 7) is 6.70. The Labute approximate surface area is 91.3 Å². The van der Waals surface area contributed by atoms with Crippen LogP contribution < -0.4 is 11.1 Å². The number of phenolic OH excluding ortho intramolecular Hbond substituents is 1. The molecule has 0 aromatic heterocycles. The van der Waals surface area contributed by atoms with E-state index >= 15 is 0 Å². The molecule has 1 rings (SSSR count). The number of para-hydroxylation sites is 1. The molecule has 0 spiro atoms. The molecular formula is C12H20N2O. The van der Waals surface area contributed by atoms with Crippen molar-refractivity contribution in [1.82, 2.24) is 5.32 Å². The third-order valence-electron chi connectivity index (χ3n) is 2.16. The first-order valence-corrected chi connectivity index (χ1v) is 5.19. The fourth-order valence-electron chi connectivity index (χ4n) is 1.57. The van der Waals surface area contributed by atoms with E-state index in [0.717, 1.165) is 5.56 Å². The van der Waals surface area contributed by atoms with E-state index in [0.29, 0.717) is 12.3 Å². The molecule has 1 atom stereocenters. The molecule has 0 aliphatic rings. The predicted molar refractivity (Wildman–Crippen MR) is 62.8 cm³/mol. The highest BCUT2D eigenvalue weighted by Gasteiger charge is 2.19. The van der Waals surface area contributed by atoms with Gasteiger partial charge in [-0.05, 0) is 26.8 Å². The van der Waals surface area contributed by atoms with E-state index in [1.54, 1.807) is 6.07 Å². The van der Waals surface area contributed by atoms with Crippen LogP contribution in [0.4, 0.5) is 0 Å². The lowest BCUT2D eigenvalue weighted by atomic mass is 10.0. The van der Waals surface area contributed by atoms with Crippen LogP contribution in [0.25, 0.3) is 0 Å². The summed E-state index contributed by atoms with van der Waals surface area (Å²) in [4.78, 5) is 0. The normalized spacial score (nSPS) is 13.9. The highest BCUT2D eigenvalue weighted by atomic mass is 16.3. The van der Waals surface area contributed by atoms with Crippen LogP contribution in [0.2, 0.25) is 0 Å². The minimum atomic E-state index is -0.0215. The second-order valence-electron chi connectivity index (χ2n) is 4.74. The average molecular weight is 208 g/mol. The number of nitrogens with one attached hydrogen (secondary N) is 1. The second kappa shape index (κ2) is 4.64. The van der Waals surface area contributed by atoms with Crippen LogP contribution >= 0.6 is 0 Å². The molecule has 0 aliphatic heterocycles. The van der Waals surface area contributed by atoms with Crippen LogP contribution in [0, 0.1) is 0 Å². The minimum Gasteiger partial charge on any atom is -0.508 e. The first-order valence-electron chi connectivity index (χ1n) is 5.19. The van der Waals surface area contributed by atoms with Gasteiger partial charge in [-0.25, -0.2) is 0 Å². The summed E-state index contributed by atoms with van der Waals surface area (Å²) in [6, 6.07) is 7.28. The maximum absolute atomic E-state index is 9.71. The summed E-state index contributed by atoms with van der Waals surface area (Å²) >= 11 is 0. The summed E-state index contributed by atoms with van der Waals surface area (Å²) in [6.07, 6.45) is 0. The van der Waals surface area contributed by atoms with Crippen molar-refractivity contribution < 1.29 is 5.11 Å². The van der Waals surface area contributed by atoms with E-state index in [9.17, 15) is 5.11 Å². The van der Waals surface area contributed by atoms with Crippen molar-refractivity contribution in [1.29, 1.82) is 0 Å². The van der Waals surface area contributed by atoms with E-state index in [-0.39, 0.29) is 11.6 Å². The molecule has 3 nitrogen and oxygen atoms in total.